The molecule has 0 saturated carbocycles. The fourth-order valence-electron chi connectivity index (χ4n) is 1.90. The number of hydrogen-bond acceptors (Lipinski definition) is 4. The Bertz CT molecular complexity index is 470. The number of nitrogens with two attached hydrogens (primary N) is 1. The fourth-order valence-corrected chi connectivity index (χ4v) is 2.56. The van der Waals surface area contributed by atoms with Crippen molar-refractivity contribution in [3.8, 4) is 0 Å². The van der Waals surface area contributed by atoms with Gasteiger partial charge >= 0.3 is 0 Å². The van der Waals surface area contributed by atoms with Gasteiger partial charge in [0.15, 0.2) is 0 Å². The van der Waals surface area contributed by atoms with Crippen LogP contribution in [0.25, 0.3) is 0 Å². The Balaban J connectivity index is 2.23. The summed E-state index contributed by atoms with van der Waals surface area (Å²) in [7, 11) is 0. The van der Waals surface area contributed by atoms with Crippen molar-refractivity contribution in [2.75, 3.05) is 12.3 Å². The minimum atomic E-state index is 0.147. The molecule has 1 aromatic carbocycles. The minimum Gasteiger partial charge on any atom is -0.329 e. The molecule has 0 amide bonds. The van der Waals surface area contributed by atoms with Gasteiger partial charge in [-0.1, -0.05) is 19.1 Å². The summed E-state index contributed by atoms with van der Waals surface area (Å²) in [4.78, 5) is 9.52. The minimum absolute atomic E-state index is 0.147. The Morgan fingerprint density at radius 3 is 2.56 bits per heavy atom. The summed E-state index contributed by atoms with van der Waals surface area (Å²) < 4.78 is 0. The lowest BCUT2D eigenvalue weighted by molar-refractivity contribution is 0.780. The average Bonchev–Trinajstić information content (AvgIpc) is 2.43. The van der Waals surface area contributed by atoms with Crippen LogP contribution < -0.4 is 5.73 Å². The first-order valence-corrected chi connectivity index (χ1v) is 7.02. The third-order valence-corrected chi connectivity index (χ3v) is 3.69. The van der Waals surface area contributed by atoms with Gasteiger partial charge < -0.3 is 5.73 Å². The van der Waals surface area contributed by atoms with E-state index in [1.54, 1.807) is 12.5 Å². The number of nitrogens with zero attached hydrogens (tertiary/aromatic N) is 2. The molecule has 0 saturated heterocycles. The predicted molar refractivity (Wildman–Crippen MR) is 75.8 cm³/mol. The first kappa shape index (κ1) is 13.1. The zero-order chi connectivity index (χ0) is 12.8. The summed E-state index contributed by atoms with van der Waals surface area (Å²) in [6.45, 7) is 2.71. The molecule has 0 fully saturated rings. The molecule has 1 unspecified atom stereocenters. The van der Waals surface area contributed by atoms with Crippen LogP contribution >= 0.6 is 11.8 Å². The average molecular weight is 259 g/mol. The van der Waals surface area contributed by atoms with Crippen molar-refractivity contribution in [2.45, 2.75) is 17.7 Å². The Hall–Kier alpha value is -1.39. The zero-order valence-corrected chi connectivity index (χ0v) is 11.2. The molecule has 1 heterocycles. The monoisotopic (exact) mass is 259 g/mol. The molecule has 94 valence electrons. The van der Waals surface area contributed by atoms with Crippen LogP contribution in [0.15, 0.2) is 47.8 Å². The van der Waals surface area contributed by atoms with Crippen molar-refractivity contribution < 1.29 is 0 Å². The summed E-state index contributed by atoms with van der Waals surface area (Å²) in [5, 5.41) is 0. The van der Waals surface area contributed by atoms with Crippen molar-refractivity contribution in [3.05, 3.63) is 54.1 Å². The highest BCUT2D eigenvalue weighted by atomic mass is 32.2. The van der Waals surface area contributed by atoms with E-state index >= 15 is 0 Å². The van der Waals surface area contributed by atoms with Gasteiger partial charge in [-0.2, -0.15) is 0 Å². The molecule has 0 spiro atoms. The number of thioether (sulfide) groups is 1. The lowest BCUT2D eigenvalue weighted by atomic mass is 9.96. The molecule has 0 radical (unpaired) electrons. The Morgan fingerprint density at radius 2 is 2.00 bits per heavy atom. The highest BCUT2D eigenvalue weighted by Crippen LogP contribution is 2.24. The van der Waals surface area contributed by atoms with E-state index in [4.69, 9.17) is 5.73 Å². The van der Waals surface area contributed by atoms with E-state index in [1.807, 2.05) is 17.8 Å². The molecule has 0 aliphatic heterocycles. The second-order valence-electron chi connectivity index (χ2n) is 3.92. The van der Waals surface area contributed by atoms with Crippen LogP contribution in [0.5, 0.6) is 0 Å². The molecule has 1 atom stereocenters. The Labute approximate surface area is 112 Å². The maximum atomic E-state index is 5.87. The van der Waals surface area contributed by atoms with Gasteiger partial charge in [-0.05, 0) is 29.5 Å². The molecule has 0 aliphatic carbocycles. The van der Waals surface area contributed by atoms with Crippen LogP contribution in [0.1, 0.15) is 24.1 Å². The summed E-state index contributed by atoms with van der Waals surface area (Å²) in [5.74, 6) is 1.24. The van der Waals surface area contributed by atoms with Crippen LogP contribution in [0.3, 0.4) is 0 Å². The molecule has 0 bridgehead atoms. The SMILES string of the molecule is CCSc1ccc(C(CN)c2ccncn2)cc1. The molecule has 2 rings (SSSR count). The van der Waals surface area contributed by atoms with Gasteiger partial charge in [0.2, 0.25) is 0 Å². The molecule has 4 heteroatoms. The normalized spacial score (nSPS) is 12.3. The Kier molecular flexibility index (Phi) is 4.73. The number of aromatic nitrogens is 2. The van der Waals surface area contributed by atoms with E-state index in [0.717, 1.165) is 11.4 Å². The van der Waals surface area contributed by atoms with Crippen molar-refractivity contribution in [3.63, 3.8) is 0 Å². The second kappa shape index (κ2) is 6.52. The summed E-state index contributed by atoms with van der Waals surface area (Å²) in [6.07, 6.45) is 3.32. The van der Waals surface area contributed by atoms with Crippen LogP contribution in [-0.2, 0) is 0 Å². The third kappa shape index (κ3) is 3.09. The van der Waals surface area contributed by atoms with Crippen LogP contribution in [0, 0.1) is 0 Å². The fraction of sp³-hybridized carbons (Fsp3) is 0.286. The highest BCUT2D eigenvalue weighted by Gasteiger charge is 2.13. The van der Waals surface area contributed by atoms with Crippen molar-refractivity contribution in [1.82, 2.24) is 9.97 Å². The number of benzene rings is 1. The number of hydrogen-bond donors (Lipinski definition) is 1. The van der Waals surface area contributed by atoms with E-state index in [-0.39, 0.29) is 5.92 Å². The van der Waals surface area contributed by atoms with Crippen LogP contribution in [0.4, 0.5) is 0 Å². The summed E-state index contributed by atoms with van der Waals surface area (Å²) >= 11 is 1.84. The summed E-state index contributed by atoms with van der Waals surface area (Å²) in [6, 6.07) is 10.5. The Morgan fingerprint density at radius 1 is 1.22 bits per heavy atom. The van der Waals surface area contributed by atoms with Crippen molar-refractivity contribution in [2.24, 2.45) is 5.73 Å². The van der Waals surface area contributed by atoms with Gasteiger partial charge in [-0.3, -0.25) is 0 Å². The van der Waals surface area contributed by atoms with E-state index < -0.39 is 0 Å². The van der Waals surface area contributed by atoms with Crippen molar-refractivity contribution in [1.29, 1.82) is 0 Å². The van der Waals surface area contributed by atoms with Gasteiger partial charge in [-0.15, -0.1) is 11.8 Å². The first-order valence-electron chi connectivity index (χ1n) is 6.04. The van der Waals surface area contributed by atoms with Crippen molar-refractivity contribution >= 4 is 11.8 Å². The number of rotatable bonds is 5. The summed E-state index contributed by atoms with van der Waals surface area (Å²) in [5.41, 5.74) is 8.05. The van der Waals surface area contributed by atoms with Crippen LogP contribution in [0.2, 0.25) is 0 Å². The third-order valence-electron chi connectivity index (χ3n) is 2.79. The molecule has 18 heavy (non-hydrogen) atoms. The molecule has 2 N–H and O–H groups in total. The molecule has 2 aromatic rings. The quantitative estimate of drug-likeness (QED) is 0.839. The van der Waals surface area contributed by atoms with Gasteiger partial charge in [-0.25, -0.2) is 9.97 Å². The molecular formula is C14H17N3S. The predicted octanol–water partition coefficient (Wildman–Crippen LogP) is 2.68. The van der Waals surface area contributed by atoms with Crippen LogP contribution in [-0.4, -0.2) is 22.3 Å². The van der Waals surface area contributed by atoms with Gasteiger partial charge in [0.25, 0.3) is 0 Å². The standard InChI is InChI=1S/C14H17N3S/c1-2-18-12-5-3-11(4-6-12)13(9-15)14-7-8-16-10-17-14/h3-8,10,13H,2,9,15H2,1H3. The van der Waals surface area contributed by atoms with Gasteiger partial charge in [0.05, 0.1) is 5.69 Å². The lowest BCUT2D eigenvalue weighted by Crippen LogP contribution is -2.15. The second-order valence-corrected chi connectivity index (χ2v) is 5.26. The topological polar surface area (TPSA) is 51.8 Å². The maximum Gasteiger partial charge on any atom is 0.115 e. The van der Waals surface area contributed by atoms with E-state index in [9.17, 15) is 0 Å². The smallest absolute Gasteiger partial charge is 0.115 e. The van der Waals surface area contributed by atoms with E-state index in [0.29, 0.717) is 6.54 Å². The van der Waals surface area contributed by atoms with Gasteiger partial charge in [0, 0.05) is 23.6 Å². The zero-order valence-electron chi connectivity index (χ0n) is 10.4. The highest BCUT2D eigenvalue weighted by molar-refractivity contribution is 7.99. The molecule has 1 aromatic heterocycles. The van der Waals surface area contributed by atoms with E-state index in [1.165, 1.54) is 10.5 Å². The molecule has 3 nitrogen and oxygen atoms in total. The lowest BCUT2D eigenvalue weighted by Gasteiger charge is -2.14. The van der Waals surface area contributed by atoms with E-state index in [2.05, 4.69) is 41.2 Å². The van der Waals surface area contributed by atoms with Gasteiger partial charge in [0.1, 0.15) is 6.33 Å². The first-order chi connectivity index (χ1) is 8.85. The maximum absolute atomic E-state index is 5.87. The largest absolute Gasteiger partial charge is 0.329 e. The molecule has 0 aliphatic rings. The molecular weight excluding hydrogens is 242 g/mol.